The van der Waals surface area contributed by atoms with E-state index in [1.54, 1.807) is 6.08 Å². The quantitative estimate of drug-likeness (QED) is 0.0272. The first kappa shape index (κ1) is 68.2. The number of nitrogens with zero attached hydrogens (tertiary/aromatic N) is 1. The number of aliphatic hydroxyl groups is 1. The number of nitrogens with one attached hydrogen (secondary N) is 1. The van der Waals surface area contributed by atoms with Gasteiger partial charge in [0.1, 0.15) is 13.2 Å². The molecule has 3 atom stereocenters. The van der Waals surface area contributed by atoms with E-state index in [0.29, 0.717) is 17.4 Å². The van der Waals surface area contributed by atoms with Crippen LogP contribution in [0.2, 0.25) is 0 Å². The van der Waals surface area contributed by atoms with Crippen LogP contribution in [0, 0.1) is 0 Å². The van der Waals surface area contributed by atoms with Gasteiger partial charge in [-0.15, -0.1) is 0 Å². The molecule has 8 nitrogen and oxygen atoms in total. The minimum Gasteiger partial charge on any atom is -0.756 e. The van der Waals surface area contributed by atoms with Crippen molar-refractivity contribution in [2.75, 3.05) is 40.9 Å². The largest absolute Gasteiger partial charge is 0.756 e. The highest BCUT2D eigenvalue weighted by molar-refractivity contribution is 7.45. The normalized spacial score (nSPS) is 14.3. The van der Waals surface area contributed by atoms with Gasteiger partial charge in [-0.3, -0.25) is 9.36 Å². The predicted molar refractivity (Wildman–Crippen MR) is 302 cm³/mol. The number of hydrogen-bond acceptors (Lipinski definition) is 6. The zero-order valence-electron chi connectivity index (χ0n) is 46.7. The number of carbonyl (C=O) groups is 1. The van der Waals surface area contributed by atoms with Gasteiger partial charge < -0.3 is 28.8 Å². The monoisotopic (exact) mass is 1000 g/mol. The fourth-order valence-electron chi connectivity index (χ4n) is 8.62. The average Bonchev–Trinajstić information content (AvgIpc) is 3.32. The molecular weight excluding hydrogens is 888 g/mol. The Morgan fingerprint density at radius 1 is 0.514 bits per heavy atom. The number of allylic oxidation sites excluding steroid dienone is 9. The Labute approximate surface area is 434 Å². The van der Waals surface area contributed by atoms with E-state index in [1.165, 1.54) is 173 Å². The van der Waals surface area contributed by atoms with Gasteiger partial charge in [0.25, 0.3) is 7.82 Å². The standard InChI is InChI=1S/C61H115N2O6P/c1-6-8-10-12-14-16-18-20-22-24-26-27-28-29-30-31-32-33-34-35-37-38-40-42-44-46-48-50-52-54-60(64)59(58-69-70(66,67)68-57-56-63(3,4)5)62-61(65)55-53-51-49-47-45-43-41-39-36-25-23-21-19-17-15-13-11-9-7-2/h9,11,15,17,21,23,36,39,52,54,59-60,64H,6-8,10,12-14,16,18-20,22,24-35,37-38,40-51,53,55-58H2,1-5H3,(H-,62,65,66,67)/b11-9-,17-15-,23-21-,39-36-,54-52+. The van der Waals surface area contributed by atoms with E-state index < -0.39 is 20.0 Å². The number of amides is 1. The van der Waals surface area contributed by atoms with E-state index in [0.717, 1.165) is 77.0 Å². The molecule has 9 heteroatoms. The second-order valence-corrected chi connectivity index (χ2v) is 22.7. The van der Waals surface area contributed by atoms with Gasteiger partial charge in [-0.05, 0) is 57.8 Å². The maximum atomic E-state index is 13.0. The Hall–Kier alpha value is -1.80. The number of carbonyl (C=O) groups excluding carboxylic acids is 1. The molecule has 0 heterocycles. The fraction of sp³-hybridized carbons (Fsp3) is 0.820. The van der Waals surface area contributed by atoms with Crippen LogP contribution in [-0.4, -0.2) is 68.5 Å². The second kappa shape index (κ2) is 52.1. The van der Waals surface area contributed by atoms with Crippen molar-refractivity contribution in [3.05, 3.63) is 60.8 Å². The van der Waals surface area contributed by atoms with Crippen LogP contribution in [0.15, 0.2) is 60.8 Å². The molecule has 0 aliphatic rings. The molecule has 0 aliphatic heterocycles. The van der Waals surface area contributed by atoms with Crippen molar-refractivity contribution >= 4 is 13.7 Å². The highest BCUT2D eigenvalue weighted by Gasteiger charge is 2.23. The van der Waals surface area contributed by atoms with Gasteiger partial charge in [-0.25, -0.2) is 0 Å². The van der Waals surface area contributed by atoms with Crippen LogP contribution in [0.4, 0.5) is 0 Å². The highest BCUT2D eigenvalue weighted by atomic mass is 31.2. The lowest BCUT2D eigenvalue weighted by atomic mass is 10.0. The molecule has 0 spiro atoms. The van der Waals surface area contributed by atoms with Crippen LogP contribution in [0.1, 0.15) is 271 Å². The van der Waals surface area contributed by atoms with Crippen molar-refractivity contribution in [2.45, 2.75) is 283 Å². The number of quaternary nitrogens is 1. The number of phosphoric ester groups is 1. The lowest BCUT2D eigenvalue weighted by Crippen LogP contribution is -2.45. The topological polar surface area (TPSA) is 108 Å². The SMILES string of the molecule is CC/C=C\C/C=C\C/C=C\C/C=C\CCCCCCCCC(=O)NC(COP(=O)([O-])OCC[N+](C)(C)C)C(O)/C=C/CCCCCCCCCCCCCCCCCCCCCCCCCCCCC. The third-order valence-electron chi connectivity index (χ3n) is 13.2. The summed E-state index contributed by atoms with van der Waals surface area (Å²) in [7, 11) is 1.25. The summed E-state index contributed by atoms with van der Waals surface area (Å²) in [6.45, 7) is 4.55. The van der Waals surface area contributed by atoms with E-state index in [2.05, 4.69) is 67.8 Å². The molecule has 0 bridgehead atoms. The molecule has 0 rings (SSSR count). The molecule has 0 saturated carbocycles. The van der Waals surface area contributed by atoms with Crippen LogP contribution in [-0.2, 0) is 18.4 Å². The Bertz CT molecular complexity index is 1320. The molecule has 0 aromatic rings. The van der Waals surface area contributed by atoms with Crippen LogP contribution in [0.3, 0.4) is 0 Å². The van der Waals surface area contributed by atoms with Gasteiger partial charge in [-0.1, -0.05) is 267 Å². The minimum absolute atomic E-state index is 0.00611. The van der Waals surface area contributed by atoms with Crippen LogP contribution in [0.25, 0.3) is 0 Å². The zero-order valence-corrected chi connectivity index (χ0v) is 47.6. The van der Waals surface area contributed by atoms with Gasteiger partial charge in [0.15, 0.2) is 0 Å². The molecule has 1 amide bonds. The summed E-state index contributed by atoms with van der Waals surface area (Å²) in [5, 5.41) is 13.9. The number of unbranched alkanes of at least 4 members (excludes halogenated alkanes) is 33. The Morgan fingerprint density at radius 2 is 0.871 bits per heavy atom. The number of aliphatic hydroxyl groups excluding tert-OH is 1. The molecule has 0 saturated heterocycles. The zero-order chi connectivity index (χ0) is 51.3. The Kier molecular flexibility index (Phi) is 50.7. The molecular formula is C61H115N2O6P. The van der Waals surface area contributed by atoms with Crippen LogP contribution >= 0.6 is 7.82 Å². The highest BCUT2D eigenvalue weighted by Crippen LogP contribution is 2.38. The minimum atomic E-state index is -4.60. The molecule has 0 radical (unpaired) electrons. The molecule has 0 fully saturated rings. The molecule has 3 unspecified atom stereocenters. The molecule has 2 N–H and O–H groups in total. The lowest BCUT2D eigenvalue weighted by molar-refractivity contribution is -0.870. The van der Waals surface area contributed by atoms with E-state index >= 15 is 0 Å². The molecule has 70 heavy (non-hydrogen) atoms. The molecule has 410 valence electrons. The van der Waals surface area contributed by atoms with Crippen molar-refractivity contribution in [1.29, 1.82) is 0 Å². The summed E-state index contributed by atoms with van der Waals surface area (Å²) < 4.78 is 23.4. The lowest BCUT2D eigenvalue weighted by Gasteiger charge is -2.29. The first-order valence-corrected chi connectivity index (χ1v) is 31.1. The maximum absolute atomic E-state index is 13.0. The van der Waals surface area contributed by atoms with E-state index in [9.17, 15) is 19.4 Å². The number of rotatable bonds is 54. The summed E-state index contributed by atoms with van der Waals surface area (Å²) in [6.07, 6.45) is 70.2. The third-order valence-corrected chi connectivity index (χ3v) is 14.2. The van der Waals surface area contributed by atoms with E-state index in [-0.39, 0.29) is 19.1 Å². The van der Waals surface area contributed by atoms with Crippen molar-refractivity contribution in [2.24, 2.45) is 0 Å². The van der Waals surface area contributed by atoms with Gasteiger partial charge in [-0.2, -0.15) is 0 Å². The van der Waals surface area contributed by atoms with Gasteiger partial charge in [0.2, 0.25) is 5.91 Å². The van der Waals surface area contributed by atoms with Crippen LogP contribution < -0.4 is 10.2 Å². The second-order valence-electron chi connectivity index (χ2n) is 21.3. The van der Waals surface area contributed by atoms with Crippen LogP contribution in [0.5, 0.6) is 0 Å². The van der Waals surface area contributed by atoms with E-state index in [1.807, 2.05) is 27.2 Å². The molecule has 0 aliphatic carbocycles. The van der Waals surface area contributed by atoms with Gasteiger partial charge in [0, 0.05) is 6.42 Å². The third kappa shape index (κ3) is 54.0. The molecule has 0 aromatic carbocycles. The number of phosphoric acid groups is 1. The maximum Gasteiger partial charge on any atom is 0.268 e. The van der Waals surface area contributed by atoms with E-state index in [4.69, 9.17) is 9.05 Å². The Balaban J connectivity index is 4.17. The first-order valence-electron chi connectivity index (χ1n) is 29.7. The summed E-state index contributed by atoms with van der Waals surface area (Å²) in [4.78, 5) is 25.5. The van der Waals surface area contributed by atoms with Gasteiger partial charge in [0.05, 0.1) is 39.9 Å². The molecule has 0 aromatic heterocycles. The smallest absolute Gasteiger partial charge is 0.268 e. The van der Waals surface area contributed by atoms with Crippen molar-refractivity contribution in [3.8, 4) is 0 Å². The Morgan fingerprint density at radius 3 is 1.27 bits per heavy atom. The first-order chi connectivity index (χ1) is 34.0. The van der Waals surface area contributed by atoms with Crippen molar-refractivity contribution < 1.29 is 32.9 Å². The number of likely N-dealkylation sites (N-methyl/N-ethyl adjacent to an activating group) is 1. The number of hydrogen-bond donors (Lipinski definition) is 2. The summed E-state index contributed by atoms with van der Waals surface area (Å²) in [5.74, 6) is -0.211. The average molecular weight is 1000 g/mol. The van der Waals surface area contributed by atoms with Crippen molar-refractivity contribution in [1.82, 2.24) is 5.32 Å². The summed E-state index contributed by atoms with van der Waals surface area (Å²) in [6, 6.07) is -0.898. The predicted octanol–water partition coefficient (Wildman–Crippen LogP) is 17.5. The van der Waals surface area contributed by atoms with Gasteiger partial charge >= 0.3 is 0 Å². The summed E-state index contributed by atoms with van der Waals surface area (Å²) in [5.41, 5.74) is 0. The van der Waals surface area contributed by atoms with Crippen molar-refractivity contribution in [3.63, 3.8) is 0 Å². The fourth-order valence-corrected chi connectivity index (χ4v) is 9.34. The summed E-state index contributed by atoms with van der Waals surface area (Å²) >= 11 is 0.